The molecule has 0 spiro atoms. The van der Waals surface area contributed by atoms with Crippen molar-refractivity contribution in [2.45, 2.75) is 6.18 Å². The number of rotatable bonds is 1. The summed E-state index contributed by atoms with van der Waals surface area (Å²) in [7, 11) is -2.25. The van der Waals surface area contributed by atoms with Gasteiger partial charge in [-0.15, -0.1) is 0 Å². The number of aromatic nitrogens is 1. The molecule has 0 bridgehead atoms. The third kappa shape index (κ3) is 2.17. The number of halogens is 4. The molecule has 1 aromatic rings. The molecule has 0 aromatic carbocycles. The largest absolute Gasteiger partial charge is 0.490 e. The zero-order valence-electron chi connectivity index (χ0n) is 6.59. The van der Waals surface area contributed by atoms with E-state index in [1.54, 1.807) is 0 Å². The van der Waals surface area contributed by atoms with Gasteiger partial charge in [0.2, 0.25) is 0 Å². The highest BCUT2D eigenvalue weighted by molar-refractivity contribution is 6.59. The highest BCUT2D eigenvalue weighted by atomic mass is 35.5. The molecule has 0 amide bonds. The summed E-state index contributed by atoms with van der Waals surface area (Å²) in [5.74, 6) is 0. The van der Waals surface area contributed by atoms with Gasteiger partial charge in [-0.1, -0.05) is 11.6 Å². The van der Waals surface area contributed by atoms with Crippen molar-refractivity contribution in [3.8, 4) is 0 Å². The van der Waals surface area contributed by atoms with Crippen molar-refractivity contribution in [1.29, 1.82) is 0 Å². The average molecular weight is 225 g/mol. The molecule has 1 aromatic heterocycles. The number of hydrogen-bond donors (Lipinski definition) is 2. The summed E-state index contributed by atoms with van der Waals surface area (Å²) in [5.41, 5.74) is -2.03. The number of hydrogen-bond acceptors (Lipinski definition) is 3. The van der Waals surface area contributed by atoms with Crippen LogP contribution >= 0.6 is 11.6 Å². The van der Waals surface area contributed by atoms with Crippen molar-refractivity contribution in [2.75, 3.05) is 0 Å². The molecule has 1 rings (SSSR count). The fraction of sp³-hybridized carbons (Fsp3) is 0.167. The summed E-state index contributed by atoms with van der Waals surface area (Å²) in [4.78, 5) is 3.33. The summed E-state index contributed by atoms with van der Waals surface area (Å²) in [5, 5.41) is 16.6. The molecule has 1 heterocycles. The Kier molecular flexibility index (Phi) is 3.03. The average Bonchev–Trinajstić information content (AvgIpc) is 2.01. The summed E-state index contributed by atoms with van der Waals surface area (Å²) >= 11 is 5.25. The van der Waals surface area contributed by atoms with Gasteiger partial charge in [0, 0.05) is 17.9 Å². The SMILES string of the molecule is OB(O)c1cncc(Cl)c1C(F)(F)F. The molecule has 14 heavy (non-hydrogen) atoms. The smallest absolute Gasteiger partial charge is 0.423 e. The van der Waals surface area contributed by atoms with E-state index < -0.39 is 29.3 Å². The molecule has 0 aliphatic heterocycles. The third-order valence-corrected chi connectivity index (χ3v) is 1.78. The zero-order valence-corrected chi connectivity index (χ0v) is 7.34. The Morgan fingerprint density at radius 3 is 2.21 bits per heavy atom. The van der Waals surface area contributed by atoms with E-state index >= 15 is 0 Å². The first-order chi connectivity index (χ1) is 6.34. The molecule has 0 unspecified atom stereocenters. The Morgan fingerprint density at radius 2 is 1.86 bits per heavy atom. The van der Waals surface area contributed by atoms with Crippen molar-refractivity contribution in [2.24, 2.45) is 0 Å². The monoisotopic (exact) mass is 225 g/mol. The van der Waals surface area contributed by atoms with Crippen LogP contribution in [-0.4, -0.2) is 22.2 Å². The van der Waals surface area contributed by atoms with E-state index in [2.05, 4.69) is 4.98 Å². The molecule has 0 atom stereocenters. The van der Waals surface area contributed by atoms with Gasteiger partial charge in [0.25, 0.3) is 0 Å². The van der Waals surface area contributed by atoms with Crippen LogP contribution in [0.1, 0.15) is 5.56 Å². The second-order valence-electron chi connectivity index (χ2n) is 2.46. The Morgan fingerprint density at radius 1 is 1.29 bits per heavy atom. The maximum atomic E-state index is 12.3. The zero-order chi connectivity index (χ0) is 10.9. The first kappa shape index (κ1) is 11.3. The lowest BCUT2D eigenvalue weighted by molar-refractivity contribution is -0.136. The van der Waals surface area contributed by atoms with E-state index in [9.17, 15) is 13.2 Å². The number of alkyl halides is 3. The fourth-order valence-electron chi connectivity index (χ4n) is 0.945. The van der Waals surface area contributed by atoms with Crippen LogP contribution in [0.5, 0.6) is 0 Å². The maximum Gasteiger partial charge on any atom is 0.490 e. The van der Waals surface area contributed by atoms with Crippen LogP contribution < -0.4 is 5.46 Å². The van der Waals surface area contributed by atoms with Gasteiger partial charge >= 0.3 is 13.3 Å². The first-order valence-corrected chi connectivity index (χ1v) is 3.78. The van der Waals surface area contributed by atoms with E-state index in [4.69, 9.17) is 21.6 Å². The van der Waals surface area contributed by atoms with Gasteiger partial charge in [-0.2, -0.15) is 13.2 Å². The van der Waals surface area contributed by atoms with Crippen molar-refractivity contribution in [1.82, 2.24) is 4.98 Å². The van der Waals surface area contributed by atoms with Crippen molar-refractivity contribution in [3.05, 3.63) is 23.0 Å². The van der Waals surface area contributed by atoms with Crippen LogP contribution in [0.4, 0.5) is 13.2 Å². The van der Waals surface area contributed by atoms with E-state index in [1.807, 2.05) is 0 Å². The van der Waals surface area contributed by atoms with E-state index in [-0.39, 0.29) is 0 Å². The fourth-order valence-corrected chi connectivity index (χ4v) is 1.22. The Hall–Kier alpha value is -0.785. The molecule has 0 aliphatic carbocycles. The van der Waals surface area contributed by atoms with E-state index in [0.29, 0.717) is 6.20 Å². The van der Waals surface area contributed by atoms with Crippen molar-refractivity contribution in [3.63, 3.8) is 0 Å². The van der Waals surface area contributed by atoms with Crippen LogP contribution in [0.3, 0.4) is 0 Å². The summed E-state index contributed by atoms with van der Waals surface area (Å²) in [6.07, 6.45) is -3.24. The van der Waals surface area contributed by atoms with Gasteiger partial charge in [-0.05, 0) is 0 Å². The Labute approximate surface area is 82.3 Å². The maximum absolute atomic E-state index is 12.3. The van der Waals surface area contributed by atoms with Gasteiger partial charge in [0.05, 0.1) is 10.6 Å². The highest BCUT2D eigenvalue weighted by Gasteiger charge is 2.38. The van der Waals surface area contributed by atoms with Crippen LogP contribution in [0.15, 0.2) is 12.4 Å². The van der Waals surface area contributed by atoms with Gasteiger partial charge in [0.1, 0.15) is 0 Å². The lowest BCUT2D eigenvalue weighted by Crippen LogP contribution is -2.36. The predicted molar refractivity (Wildman–Crippen MR) is 44.1 cm³/mol. The summed E-state index contributed by atoms with van der Waals surface area (Å²) in [6.45, 7) is 0. The minimum atomic E-state index is -4.74. The van der Waals surface area contributed by atoms with Crippen molar-refractivity contribution >= 4 is 24.2 Å². The quantitative estimate of drug-likeness (QED) is 0.682. The molecule has 0 saturated carbocycles. The first-order valence-electron chi connectivity index (χ1n) is 3.40. The molecule has 3 nitrogen and oxygen atoms in total. The molecule has 0 fully saturated rings. The highest BCUT2D eigenvalue weighted by Crippen LogP contribution is 2.32. The van der Waals surface area contributed by atoms with Crippen molar-refractivity contribution < 1.29 is 23.2 Å². The van der Waals surface area contributed by atoms with Gasteiger partial charge < -0.3 is 10.0 Å². The van der Waals surface area contributed by atoms with Crippen LogP contribution in [0.25, 0.3) is 0 Å². The van der Waals surface area contributed by atoms with Crippen LogP contribution in [0, 0.1) is 0 Å². The second kappa shape index (κ2) is 3.76. The molecule has 0 aliphatic rings. The van der Waals surface area contributed by atoms with Gasteiger partial charge in [-0.25, -0.2) is 0 Å². The normalized spacial score (nSPS) is 11.6. The standard InChI is InChI=1S/C6H4BClF3NO2/c8-4-2-12-1-3(7(13)14)5(4)6(9,10)11/h1-2,13-14H. The molecule has 2 N–H and O–H groups in total. The number of pyridine rings is 1. The summed E-state index contributed by atoms with van der Waals surface area (Å²) < 4.78 is 37.0. The summed E-state index contributed by atoms with van der Waals surface area (Å²) in [6, 6.07) is 0. The lowest BCUT2D eigenvalue weighted by atomic mass is 9.78. The Balaban J connectivity index is 3.38. The van der Waals surface area contributed by atoms with Crippen LogP contribution in [0.2, 0.25) is 5.02 Å². The minimum Gasteiger partial charge on any atom is -0.423 e. The van der Waals surface area contributed by atoms with E-state index in [0.717, 1.165) is 6.20 Å². The molecular formula is C6H4BClF3NO2. The second-order valence-corrected chi connectivity index (χ2v) is 2.86. The topological polar surface area (TPSA) is 53.4 Å². The minimum absolute atomic E-state index is 0.664. The van der Waals surface area contributed by atoms with Gasteiger partial charge in [0.15, 0.2) is 0 Å². The molecular weight excluding hydrogens is 221 g/mol. The van der Waals surface area contributed by atoms with E-state index in [1.165, 1.54) is 0 Å². The molecule has 0 radical (unpaired) electrons. The molecule has 8 heteroatoms. The lowest BCUT2D eigenvalue weighted by Gasteiger charge is -2.12. The van der Waals surface area contributed by atoms with Crippen LogP contribution in [-0.2, 0) is 6.18 Å². The number of nitrogens with zero attached hydrogens (tertiary/aromatic N) is 1. The predicted octanol–water partition coefficient (Wildman–Crippen LogP) is 0.434. The third-order valence-electron chi connectivity index (χ3n) is 1.49. The Bertz CT molecular complexity index is 344. The molecule has 0 saturated heterocycles. The van der Waals surface area contributed by atoms with Gasteiger partial charge in [-0.3, -0.25) is 4.98 Å². The molecule has 76 valence electrons.